The molecule has 0 aliphatic carbocycles. The number of nitrogens with zero attached hydrogens (tertiary/aromatic N) is 1. The van der Waals surface area contributed by atoms with Crippen LogP contribution in [0.4, 0.5) is 5.69 Å². The summed E-state index contributed by atoms with van der Waals surface area (Å²) in [6.07, 6.45) is 2.47. The van der Waals surface area contributed by atoms with Gasteiger partial charge in [-0.3, -0.25) is 0 Å². The van der Waals surface area contributed by atoms with Crippen LogP contribution in [0.5, 0.6) is 0 Å². The molecule has 2 rings (SSSR count). The Kier molecular flexibility index (Phi) is 2.97. The summed E-state index contributed by atoms with van der Waals surface area (Å²) in [7, 11) is 0. The predicted molar refractivity (Wildman–Crippen MR) is 61.5 cm³/mol. The Morgan fingerprint density at radius 2 is 2.07 bits per heavy atom. The van der Waals surface area contributed by atoms with Crippen LogP contribution in [-0.2, 0) is 0 Å². The number of rotatable bonds is 2. The van der Waals surface area contributed by atoms with Gasteiger partial charge in [0.2, 0.25) is 0 Å². The van der Waals surface area contributed by atoms with Gasteiger partial charge in [-0.15, -0.1) is 0 Å². The Hall–Kier alpha value is -0.690. The Morgan fingerprint density at radius 3 is 2.64 bits per heavy atom. The van der Waals surface area contributed by atoms with E-state index in [4.69, 9.17) is 11.6 Å². The maximum atomic E-state index is 5.85. The van der Waals surface area contributed by atoms with Crippen molar-refractivity contribution in [1.82, 2.24) is 0 Å². The van der Waals surface area contributed by atoms with Gasteiger partial charge in [-0.05, 0) is 36.6 Å². The van der Waals surface area contributed by atoms with Crippen molar-refractivity contribution >= 4 is 17.3 Å². The van der Waals surface area contributed by atoms with Crippen molar-refractivity contribution in [2.24, 2.45) is 5.92 Å². The van der Waals surface area contributed by atoms with E-state index < -0.39 is 0 Å². The first-order chi connectivity index (χ1) is 6.79. The van der Waals surface area contributed by atoms with Gasteiger partial charge in [-0.25, -0.2) is 0 Å². The Balaban J connectivity index is 2.06. The second-order valence-corrected chi connectivity index (χ2v) is 4.26. The van der Waals surface area contributed by atoms with Gasteiger partial charge < -0.3 is 4.90 Å². The zero-order valence-electron chi connectivity index (χ0n) is 8.41. The van der Waals surface area contributed by atoms with E-state index in [9.17, 15) is 0 Å². The third-order valence-electron chi connectivity index (χ3n) is 2.85. The van der Waals surface area contributed by atoms with Crippen LogP contribution in [0.15, 0.2) is 24.3 Å². The van der Waals surface area contributed by atoms with Gasteiger partial charge in [0.25, 0.3) is 0 Å². The monoisotopic (exact) mass is 208 g/mol. The minimum atomic E-state index is 0.806. The summed E-state index contributed by atoms with van der Waals surface area (Å²) in [6, 6.07) is 8.06. The smallest absolute Gasteiger partial charge is 0.0497 e. The molecule has 1 aromatic rings. The number of hydrogen-bond donors (Lipinski definition) is 0. The molecule has 0 saturated carbocycles. The second kappa shape index (κ2) is 4.22. The third kappa shape index (κ3) is 2.03. The van der Waals surface area contributed by atoms with Gasteiger partial charge in [0.15, 0.2) is 0 Å². The zero-order valence-corrected chi connectivity index (χ0v) is 9.17. The maximum Gasteiger partial charge on any atom is 0.0497 e. The lowest BCUT2D eigenvalue weighted by Gasteiger charge is -2.17. The molecule has 75 valence electrons. The topological polar surface area (TPSA) is 3.24 Å². The first-order valence-corrected chi connectivity index (χ1v) is 5.53. The van der Waals surface area contributed by atoms with Crippen LogP contribution < -0.4 is 4.90 Å². The molecule has 1 atom stereocenters. The molecular weight excluding hydrogens is 194 g/mol. The Labute approximate surface area is 90.7 Å². The lowest BCUT2D eigenvalue weighted by atomic mass is 10.1. The standard InChI is InChI=1S/C12H15ClN/c1-2-10-7-8-14(9-10)12-5-3-11(13)4-6-12/h3-6,8,10H,2,7,9H2,1H3. The average molecular weight is 209 g/mol. The molecule has 1 nitrogen and oxygen atoms in total. The van der Waals surface area contributed by atoms with Crippen LogP contribution in [-0.4, -0.2) is 6.54 Å². The normalized spacial score (nSPS) is 21.6. The van der Waals surface area contributed by atoms with E-state index in [0.29, 0.717) is 0 Å². The van der Waals surface area contributed by atoms with E-state index in [1.807, 2.05) is 12.1 Å². The predicted octanol–water partition coefficient (Wildman–Crippen LogP) is 3.74. The van der Waals surface area contributed by atoms with Crippen LogP contribution in [0.2, 0.25) is 5.02 Å². The van der Waals surface area contributed by atoms with Crippen LogP contribution >= 0.6 is 11.6 Å². The summed E-state index contributed by atoms with van der Waals surface area (Å²) in [5.41, 5.74) is 1.25. The van der Waals surface area contributed by atoms with E-state index in [2.05, 4.69) is 30.5 Å². The number of halogens is 1. The highest BCUT2D eigenvalue weighted by Gasteiger charge is 2.21. The summed E-state index contributed by atoms with van der Waals surface area (Å²) >= 11 is 5.85. The molecule has 2 heteroatoms. The van der Waals surface area contributed by atoms with E-state index in [1.165, 1.54) is 18.5 Å². The summed E-state index contributed by atoms with van der Waals surface area (Å²) in [5, 5.41) is 0.806. The van der Waals surface area contributed by atoms with Crippen molar-refractivity contribution in [3.8, 4) is 0 Å². The van der Waals surface area contributed by atoms with Crippen molar-refractivity contribution < 1.29 is 0 Å². The Bertz CT molecular complexity index is 294. The van der Waals surface area contributed by atoms with E-state index in [-0.39, 0.29) is 0 Å². The average Bonchev–Trinajstić information content (AvgIpc) is 2.67. The van der Waals surface area contributed by atoms with Crippen molar-refractivity contribution in [3.63, 3.8) is 0 Å². The molecule has 1 saturated heterocycles. The number of anilines is 1. The van der Waals surface area contributed by atoms with Gasteiger partial charge in [0, 0.05) is 23.8 Å². The van der Waals surface area contributed by atoms with Gasteiger partial charge in [-0.1, -0.05) is 24.9 Å². The van der Waals surface area contributed by atoms with E-state index in [0.717, 1.165) is 17.5 Å². The van der Waals surface area contributed by atoms with E-state index in [1.54, 1.807) is 0 Å². The maximum absolute atomic E-state index is 5.85. The van der Waals surface area contributed by atoms with Crippen LogP contribution in [0.1, 0.15) is 19.8 Å². The molecule has 1 heterocycles. The number of hydrogen-bond acceptors (Lipinski definition) is 1. The van der Waals surface area contributed by atoms with Crippen molar-refractivity contribution in [3.05, 3.63) is 35.8 Å². The van der Waals surface area contributed by atoms with Gasteiger partial charge >= 0.3 is 0 Å². The molecule has 0 N–H and O–H groups in total. The highest BCUT2D eigenvalue weighted by atomic mass is 35.5. The minimum absolute atomic E-state index is 0.806. The fourth-order valence-corrected chi connectivity index (χ4v) is 1.97. The fraction of sp³-hybridized carbons (Fsp3) is 0.417. The highest BCUT2D eigenvalue weighted by molar-refractivity contribution is 6.30. The quantitative estimate of drug-likeness (QED) is 0.716. The molecule has 1 aliphatic heterocycles. The lowest BCUT2D eigenvalue weighted by molar-refractivity contribution is 0.575. The van der Waals surface area contributed by atoms with Crippen LogP contribution in [0.3, 0.4) is 0 Å². The van der Waals surface area contributed by atoms with Crippen molar-refractivity contribution in [2.75, 3.05) is 11.4 Å². The highest BCUT2D eigenvalue weighted by Crippen LogP contribution is 2.28. The Morgan fingerprint density at radius 1 is 1.36 bits per heavy atom. The SMILES string of the molecule is CCC1C[CH]N(c2ccc(Cl)cc2)C1. The third-order valence-corrected chi connectivity index (χ3v) is 3.10. The summed E-state index contributed by atoms with van der Waals surface area (Å²) in [5.74, 6) is 0.825. The number of benzene rings is 1. The van der Waals surface area contributed by atoms with Crippen LogP contribution in [0, 0.1) is 12.5 Å². The molecule has 1 aliphatic rings. The summed E-state index contributed by atoms with van der Waals surface area (Å²) < 4.78 is 0. The second-order valence-electron chi connectivity index (χ2n) is 3.82. The van der Waals surface area contributed by atoms with Crippen molar-refractivity contribution in [2.45, 2.75) is 19.8 Å². The van der Waals surface area contributed by atoms with Gasteiger partial charge in [0.1, 0.15) is 0 Å². The lowest BCUT2D eigenvalue weighted by Crippen LogP contribution is -2.16. The van der Waals surface area contributed by atoms with Gasteiger partial charge in [-0.2, -0.15) is 0 Å². The molecule has 0 bridgehead atoms. The molecule has 14 heavy (non-hydrogen) atoms. The largest absolute Gasteiger partial charge is 0.366 e. The minimum Gasteiger partial charge on any atom is -0.366 e. The van der Waals surface area contributed by atoms with Gasteiger partial charge in [0.05, 0.1) is 0 Å². The molecule has 0 amide bonds. The van der Waals surface area contributed by atoms with Crippen LogP contribution in [0.25, 0.3) is 0 Å². The summed E-state index contributed by atoms with van der Waals surface area (Å²) in [6.45, 7) is 5.69. The van der Waals surface area contributed by atoms with E-state index >= 15 is 0 Å². The van der Waals surface area contributed by atoms with Crippen molar-refractivity contribution in [1.29, 1.82) is 0 Å². The molecular formula is C12H15ClN. The molecule has 1 radical (unpaired) electrons. The molecule has 1 fully saturated rings. The molecule has 1 unspecified atom stereocenters. The first-order valence-electron chi connectivity index (χ1n) is 5.15. The zero-order chi connectivity index (χ0) is 9.97. The molecule has 1 aromatic carbocycles. The molecule has 0 spiro atoms. The fourth-order valence-electron chi connectivity index (χ4n) is 1.84. The first kappa shape index (κ1) is 9.85. The molecule has 0 aromatic heterocycles. The summed E-state index contributed by atoms with van der Waals surface area (Å²) in [4.78, 5) is 2.32.